The normalized spacial score (nSPS) is 18.6. The summed E-state index contributed by atoms with van der Waals surface area (Å²) < 4.78 is 7.37. The first-order chi connectivity index (χ1) is 7.16. The minimum atomic E-state index is 0.348. The molecule has 4 heteroatoms. The number of nitrogens with one attached hydrogen (secondary N) is 1. The molecule has 1 unspecified atom stereocenters. The van der Waals surface area contributed by atoms with Gasteiger partial charge in [0.2, 0.25) is 0 Å². The van der Waals surface area contributed by atoms with Crippen LogP contribution in [0.3, 0.4) is 0 Å². The highest BCUT2D eigenvalue weighted by molar-refractivity contribution is 9.11. The predicted molar refractivity (Wildman–Crippen MR) is 68.0 cm³/mol. The van der Waals surface area contributed by atoms with Crippen LogP contribution in [-0.2, 0) is 4.74 Å². The van der Waals surface area contributed by atoms with Gasteiger partial charge in [0.25, 0.3) is 0 Å². The molecule has 2 rings (SSSR count). The first-order valence-corrected chi connectivity index (χ1v) is 6.54. The Bertz CT molecular complexity index is 352. The van der Waals surface area contributed by atoms with E-state index in [2.05, 4.69) is 62.3 Å². The monoisotopic (exact) mass is 333 g/mol. The Morgan fingerprint density at radius 1 is 1.40 bits per heavy atom. The van der Waals surface area contributed by atoms with Crippen LogP contribution in [0.15, 0.2) is 27.1 Å². The molecule has 1 aromatic carbocycles. The summed E-state index contributed by atoms with van der Waals surface area (Å²) in [5.41, 5.74) is 1.28. The second-order valence-corrected chi connectivity index (χ2v) is 5.56. The Labute approximate surface area is 107 Å². The Morgan fingerprint density at radius 2 is 2.13 bits per heavy atom. The third-order valence-electron chi connectivity index (χ3n) is 2.55. The van der Waals surface area contributed by atoms with Crippen LogP contribution in [0.1, 0.15) is 18.5 Å². The van der Waals surface area contributed by atoms with Gasteiger partial charge in [0.05, 0.1) is 19.3 Å². The summed E-state index contributed by atoms with van der Waals surface area (Å²) in [6.07, 6.45) is 0. The fraction of sp³-hybridized carbons (Fsp3) is 0.455. The van der Waals surface area contributed by atoms with Gasteiger partial charge in [0, 0.05) is 15.0 Å². The van der Waals surface area contributed by atoms with Crippen LogP contribution in [0.4, 0.5) is 0 Å². The number of rotatable bonds is 3. The van der Waals surface area contributed by atoms with Crippen LogP contribution in [0.5, 0.6) is 0 Å². The van der Waals surface area contributed by atoms with Gasteiger partial charge in [-0.3, -0.25) is 0 Å². The highest BCUT2D eigenvalue weighted by Crippen LogP contribution is 2.27. The van der Waals surface area contributed by atoms with Crippen LogP contribution in [0.25, 0.3) is 0 Å². The average molecular weight is 335 g/mol. The highest BCUT2D eigenvalue weighted by Gasteiger charge is 2.21. The second kappa shape index (κ2) is 4.95. The van der Waals surface area contributed by atoms with Crippen molar-refractivity contribution in [3.63, 3.8) is 0 Å². The molecule has 1 aromatic rings. The summed E-state index contributed by atoms with van der Waals surface area (Å²) in [6.45, 7) is 3.84. The summed E-state index contributed by atoms with van der Waals surface area (Å²) in [4.78, 5) is 0. The molecule has 0 aliphatic carbocycles. The topological polar surface area (TPSA) is 21.3 Å². The standard InChI is InChI=1S/C11H13Br2NO/c1-7(14-9-5-15-6-9)10-3-2-8(12)4-11(10)13/h2-4,7,9,14H,5-6H2,1H3. The minimum absolute atomic E-state index is 0.348. The van der Waals surface area contributed by atoms with E-state index in [1.165, 1.54) is 5.56 Å². The molecule has 1 aliphatic heterocycles. The maximum Gasteiger partial charge on any atom is 0.0643 e. The van der Waals surface area contributed by atoms with E-state index in [0.717, 1.165) is 22.2 Å². The molecule has 82 valence electrons. The Morgan fingerprint density at radius 3 is 2.67 bits per heavy atom. The van der Waals surface area contributed by atoms with Crippen LogP contribution >= 0.6 is 31.9 Å². The van der Waals surface area contributed by atoms with E-state index in [4.69, 9.17) is 4.74 Å². The Kier molecular flexibility index (Phi) is 3.83. The van der Waals surface area contributed by atoms with Crippen molar-refractivity contribution in [3.05, 3.63) is 32.7 Å². The van der Waals surface area contributed by atoms with E-state index in [0.29, 0.717) is 12.1 Å². The smallest absolute Gasteiger partial charge is 0.0643 e. The summed E-state index contributed by atoms with van der Waals surface area (Å²) in [7, 11) is 0. The third kappa shape index (κ3) is 2.81. The van der Waals surface area contributed by atoms with Crippen LogP contribution in [0.2, 0.25) is 0 Å². The van der Waals surface area contributed by atoms with E-state index >= 15 is 0 Å². The number of hydrogen-bond acceptors (Lipinski definition) is 2. The zero-order chi connectivity index (χ0) is 10.8. The molecule has 2 nitrogen and oxygen atoms in total. The number of hydrogen-bond donors (Lipinski definition) is 1. The highest BCUT2D eigenvalue weighted by atomic mass is 79.9. The third-order valence-corrected chi connectivity index (χ3v) is 3.73. The molecule has 0 spiro atoms. The van der Waals surface area contributed by atoms with Crippen molar-refractivity contribution in [2.75, 3.05) is 13.2 Å². The van der Waals surface area contributed by atoms with E-state index in [9.17, 15) is 0 Å². The lowest BCUT2D eigenvalue weighted by Crippen LogP contribution is -2.46. The van der Waals surface area contributed by atoms with Gasteiger partial charge in [0.1, 0.15) is 0 Å². The minimum Gasteiger partial charge on any atom is -0.378 e. The zero-order valence-electron chi connectivity index (χ0n) is 8.47. The van der Waals surface area contributed by atoms with Crippen molar-refractivity contribution in [1.82, 2.24) is 5.32 Å². The van der Waals surface area contributed by atoms with E-state index < -0.39 is 0 Å². The fourth-order valence-corrected chi connectivity index (χ4v) is 3.02. The molecule has 0 bridgehead atoms. The molecule has 1 fully saturated rings. The molecule has 0 amide bonds. The molecule has 1 atom stereocenters. The molecule has 1 heterocycles. The lowest BCUT2D eigenvalue weighted by atomic mass is 10.1. The average Bonchev–Trinajstić information content (AvgIpc) is 2.11. The van der Waals surface area contributed by atoms with Crippen LogP contribution in [0, 0.1) is 0 Å². The van der Waals surface area contributed by atoms with Crippen molar-refractivity contribution in [1.29, 1.82) is 0 Å². The predicted octanol–water partition coefficient (Wildman–Crippen LogP) is 3.26. The second-order valence-electron chi connectivity index (χ2n) is 3.79. The summed E-state index contributed by atoms with van der Waals surface area (Å²) >= 11 is 7.03. The molecule has 15 heavy (non-hydrogen) atoms. The van der Waals surface area contributed by atoms with E-state index in [1.807, 2.05) is 0 Å². The molecule has 1 aliphatic rings. The number of halogens is 2. The maximum absolute atomic E-state index is 5.14. The van der Waals surface area contributed by atoms with Gasteiger partial charge in [-0.05, 0) is 24.6 Å². The van der Waals surface area contributed by atoms with E-state index in [-0.39, 0.29) is 0 Å². The largest absolute Gasteiger partial charge is 0.378 e. The Hall–Kier alpha value is 0.1000. The quantitative estimate of drug-likeness (QED) is 0.916. The lowest BCUT2D eigenvalue weighted by Gasteiger charge is -2.30. The van der Waals surface area contributed by atoms with Gasteiger partial charge in [-0.25, -0.2) is 0 Å². The molecule has 0 saturated carbocycles. The molecule has 1 N–H and O–H groups in total. The van der Waals surface area contributed by atoms with Gasteiger partial charge in [-0.15, -0.1) is 0 Å². The molecular formula is C11H13Br2NO. The van der Waals surface area contributed by atoms with Crippen molar-refractivity contribution in [2.24, 2.45) is 0 Å². The van der Waals surface area contributed by atoms with Crippen molar-refractivity contribution >= 4 is 31.9 Å². The summed E-state index contributed by atoms with van der Waals surface area (Å²) in [5.74, 6) is 0. The summed E-state index contributed by atoms with van der Waals surface area (Å²) in [6, 6.07) is 7.13. The zero-order valence-corrected chi connectivity index (χ0v) is 11.6. The van der Waals surface area contributed by atoms with Crippen LogP contribution < -0.4 is 5.32 Å². The molecule has 1 saturated heterocycles. The van der Waals surface area contributed by atoms with Crippen molar-refractivity contribution in [2.45, 2.75) is 19.0 Å². The molecule has 0 aromatic heterocycles. The first kappa shape index (κ1) is 11.6. The van der Waals surface area contributed by atoms with Gasteiger partial charge >= 0.3 is 0 Å². The molecular weight excluding hydrogens is 322 g/mol. The van der Waals surface area contributed by atoms with Gasteiger partial charge in [-0.2, -0.15) is 0 Å². The number of benzene rings is 1. The van der Waals surface area contributed by atoms with Crippen LogP contribution in [-0.4, -0.2) is 19.3 Å². The lowest BCUT2D eigenvalue weighted by molar-refractivity contribution is -0.00928. The summed E-state index contributed by atoms with van der Waals surface area (Å²) in [5, 5.41) is 3.52. The van der Waals surface area contributed by atoms with Gasteiger partial charge in [-0.1, -0.05) is 37.9 Å². The SMILES string of the molecule is CC(NC1COC1)c1ccc(Br)cc1Br. The van der Waals surface area contributed by atoms with Crippen molar-refractivity contribution < 1.29 is 4.74 Å². The van der Waals surface area contributed by atoms with Crippen molar-refractivity contribution in [3.8, 4) is 0 Å². The first-order valence-electron chi connectivity index (χ1n) is 4.95. The number of ether oxygens (including phenoxy) is 1. The van der Waals surface area contributed by atoms with E-state index in [1.54, 1.807) is 0 Å². The maximum atomic E-state index is 5.14. The van der Waals surface area contributed by atoms with Gasteiger partial charge < -0.3 is 10.1 Å². The molecule has 0 radical (unpaired) electrons. The Balaban J connectivity index is 2.06. The fourth-order valence-electron chi connectivity index (χ4n) is 1.63. The van der Waals surface area contributed by atoms with Gasteiger partial charge in [0.15, 0.2) is 0 Å².